The molecule has 0 aliphatic heterocycles. The predicted molar refractivity (Wildman–Crippen MR) is 115 cm³/mol. The summed E-state index contributed by atoms with van der Waals surface area (Å²) >= 11 is 0. The summed E-state index contributed by atoms with van der Waals surface area (Å²) in [6.45, 7) is 1.88. The molecule has 0 aliphatic carbocycles. The molecule has 0 saturated heterocycles. The molecule has 1 amide bonds. The van der Waals surface area contributed by atoms with Gasteiger partial charge in [-0.2, -0.15) is 5.26 Å². The van der Waals surface area contributed by atoms with E-state index in [0.29, 0.717) is 22.5 Å². The van der Waals surface area contributed by atoms with Crippen LogP contribution >= 0.6 is 0 Å². The van der Waals surface area contributed by atoms with Gasteiger partial charge in [0.25, 0.3) is 10.0 Å². The van der Waals surface area contributed by atoms with Crippen molar-refractivity contribution >= 4 is 27.3 Å². The Labute approximate surface area is 175 Å². The zero-order chi connectivity index (χ0) is 21.7. The van der Waals surface area contributed by atoms with Crippen LogP contribution < -0.4 is 15.8 Å². The van der Waals surface area contributed by atoms with Gasteiger partial charge in [0.1, 0.15) is 6.04 Å². The van der Waals surface area contributed by atoms with Gasteiger partial charge in [-0.15, -0.1) is 0 Å². The number of benzene rings is 3. The first-order valence-corrected chi connectivity index (χ1v) is 10.5. The molecule has 0 aromatic heterocycles. The Morgan fingerprint density at radius 3 is 2.03 bits per heavy atom. The number of hydrogen-bond donors (Lipinski definition) is 3. The average Bonchev–Trinajstić information content (AvgIpc) is 2.73. The summed E-state index contributed by atoms with van der Waals surface area (Å²) in [4.78, 5) is 12.1. The second-order valence-corrected chi connectivity index (χ2v) is 8.39. The standard InChI is InChI=1S/C22H20N4O3S/c1-15-2-12-20(13-3-15)30(28,29)26-19-10-8-18(9-11-19)25-21(22(24)27)17-6-4-16(14-23)5-7-17/h2-13,21,25-26H,1H3,(H2,24,27). The van der Waals surface area contributed by atoms with E-state index < -0.39 is 22.0 Å². The van der Waals surface area contributed by atoms with Crippen molar-refractivity contribution in [2.75, 3.05) is 10.0 Å². The minimum Gasteiger partial charge on any atom is -0.370 e. The highest BCUT2D eigenvalue weighted by Crippen LogP contribution is 2.23. The topological polar surface area (TPSA) is 125 Å². The molecule has 7 nitrogen and oxygen atoms in total. The van der Waals surface area contributed by atoms with E-state index in [1.807, 2.05) is 13.0 Å². The van der Waals surface area contributed by atoms with E-state index >= 15 is 0 Å². The van der Waals surface area contributed by atoms with Crippen molar-refractivity contribution in [1.82, 2.24) is 0 Å². The Morgan fingerprint density at radius 1 is 0.933 bits per heavy atom. The van der Waals surface area contributed by atoms with Crippen LogP contribution in [0, 0.1) is 18.3 Å². The molecule has 3 aromatic rings. The lowest BCUT2D eigenvalue weighted by Crippen LogP contribution is -2.27. The van der Waals surface area contributed by atoms with Gasteiger partial charge in [0, 0.05) is 11.4 Å². The van der Waals surface area contributed by atoms with Crippen LogP contribution in [0.2, 0.25) is 0 Å². The van der Waals surface area contributed by atoms with Crippen LogP contribution in [0.5, 0.6) is 0 Å². The van der Waals surface area contributed by atoms with Gasteiger partial charge in [-0.25, -0.2) is 8.42 Å². The van der Waals surface area contributed by atoms with E-state index in [0.717, 1.165) is 5.56 Å². The molecule has 1 unspecified atom stereocenters. The number of hydrogen-bond acceptors (Lipinski definition) is 5. The molecule has 152 valence electrons. The van der Waals surface area contributed by atoms with E-state index in [1.165, 1.54) is 0 Å². The molecule has 0 saturated carbocycles. The molecule has 3 aromatic carbocycles. The number of nitrogens with zero attached hydrogens (tertiary/aromatic N) is 1. The maximum Gasteiger partial charge on any atom is 0.261 e. The maximum atomic E-state index is 12.5. The fourth-order valence-electron chi connectivity index (χ4n) is 2.80. The maximum absolute atomic E-state index is 12.5. The van der Waals surface area contributed by atoms with Crippen molar-refractivity contribution in [2.24, 2.45) is 5.73 Å². The summed E-state index contributed by atoms with van der Waals surface area (Å²) in [6.07, 6.45) is 0. The quantitative estimate of drug-likeness (QED) is 0.541. The van der Waals surface area contributed by atoms with E-state index in [-0.39, 0.29) is 4.90 Å². The lowest BCUT2D eigenvalue weighted by atomic mass is 10.0. The Balaban J connectivity index is 1.74. The monoisotopic (exact) mass is 420 g/mol. The van der Waals surface area contributed by atoms with Crippen molar-refractivity contribution in [3.63, 3.8) is 0 Å². The second kappa shape index (κ2) is 8.68. The Hall–Kier alpha value is -3.83. The van der Waals surface area contributed by atoms with Gasteiger partial charge in [0.2, 0.25) is 5.91 Å². The summed E-state index contributed by atoms with van der Waals surface area (Å²) in [5.74, 6) is -0.580. The molecule has 0 bridgehead atoms. The van der Waals surface area contributed by atoms with Crippen LogP contribution in [-0.4, -0.2) is 14.3 Å². The van der Waals surface area contributed by atoms with E-state index in [1.54, 1.807) is 72.8 Å². The van der Waals surface area contributed by atoms with Gasteiger partial charge in [-0.3, -0.25) is 9.52 Å². The predicted octanol–water partition coefficient (Wildman–Crippen LogP) is 3.31. The number of sulfonamides is 1. The fraction of sp³-hybridized carbons (Fsp3) is 0.0909. The number of carbonyl (C=O) groups excluding carboxylic acids is 1. The highest BCUT2D eigenvalue weighted by molar-refractivity contribution is 7.92. The smallest absolute Gasteiger partial charge is 0.261 e. The zero-order valence-corrected chi connectivity index (χ0v) is 17.0. The van der Waals surface area contributed by atoms with Gasteiger partial charge < -0.3 is 11.1 Å². The molecule has 0 radical (unpaired) electrons. The van der Waals surface area contributed by atoms with Crippen LogP contribution in [0.4, 0.5) is 11.4 Å². The highest BCUT2D eigenvalue weighted by Gasteiger charge is 2.18. The molecule has 3 rings (SSSR count). The third-order valence-electron chi connectivity index (χ3n) is 4.44. The summed E-state index contributed by atoms with van der Waals surface area (Å²) in [5.41, 5.74) is 8.55. The molecule has 8 heteroatoms. The van der Waals surface area contributed by atoms with Crippen molar-refractivity contribution in [3.05, 3.63) is 89.5 Å². The molecule has 0 spiro atoms. The Bertz CT molecular complexity index is 1180. The third-order valence-corrected chi connectivity index (χ3v) is 5.83. The number of aryl methyl sites for hydroxylation is 1. The molecule has 4 N–H and O–H groups in total. The minimum atomic E-state index is -3.70. The first kappa shape index (κ1) is 20.9. The SMILES string of the molecule is Cc1ccc(S(=O)(=O)Nc2ccc(NC(C(N)=O)c3ccc(C#N)cc3)cc2)cc1. The zero-order valence-electron chi connectivity index (χ0n) is 16.2. The lowest BCUT2D eigenvalue weighted by molar-refractivity contribution is -0.118. The summed E-state index contributed by atoms with van der Waals surface area (Å²) in [6, 6.07) is 20.8. The third kappa shape index (κ3) is 4.96. The summed E-state index contributed by atoms with van der Waals surface area (Å²) in [7, 11) is -3.70. The molecular weight excluding hydrogens is 400 g/mol. The number of anilines is 2. The number of nitrogens with one attached hydrogen (secondary N) is 2. The fourth-order valence-corrected chi connectivity index (χ4v) is 3.86. The largest absolute Gasteiger partial charge is 0.370 e. The second-order valence-electron chi connectivity index (χ2n) is 6.71. The number of nitrogens with two attached hydrogens (primary N) is 1. The van der Waals surface area contributed by atoms with E-state index in [4.69, 9.17) is 11.0 Å². The van der Waals surface area contributed by atoms with Crippen LogP contribution in [-0.2, 0) is 14.8 Å². The van der Waals surface area contributed by atoms with E-state index in [2.05, 4.69) is 10.0 Å². The van der Waals surface area contributed by atoms with E-state index in [9.17, 15) is 13.2 Å². The number of rotatable bonds is 7. The van der Waals surface area contributed by atoms with Crippen molar-refractivity contribution < 1.29 is 13.2 Å². The first-order valence-electron chi connectivity index (χ1n) is 9.04. The molecule has 1 atom stereocenters. The van der Waals surface area contributed by atoms with Crippen LogP contribution in [0.3, 0.4) is 0 Å². The summed E-state index contributed by atoms with van der Waals surface area (Å²) < 4.78 is 27.5. The molecule has 0 heterocycles. The number of primary amides is 1. The highest BCUT2D eigenvalue weighted by atomic mass is 32.2. The van der Waals surface area contributed by atoms with Gasteiger partial charge in [-0.05, 0) is 61.0 Å². The van der Waals surface area contributed by atoms with Crippen molar-refractivity contribution in [2.45, 2.75) is 17.9 Å². The molecule has 30 heavy (non-hydrogen) atoms. The Morgan fingerprint density at radius 2 is 1.50 bits per heavy atom. The van der Waals surface area contributed by atoms with Gasteiger partial charge in [0.05, 0.1) is 16.5 Å². The number of amides is 1. The van der Waals surface area contributed by atoms with Crippen LogP contribution in [0.15, 0.2) is 77.7 Å². The van der Waals surface area contributed by atoms with Gasteiger partial charge in [0.15, 0.2) is 0 Å². The number of nitriles is 1. The molecule has 0 fully saturated rings. The van der Waals surface area contributed by atoms with Crippen LogP contribution in [0.1, 0.15) is 22.7 Å². The van der Waals surface area contributed by atoms with Gasteiger partial charge >= 0.3 is 0 Å². The average molecular weight is 420 g/mol. The van der Waals surface area contributed by atoms with Crippen molar-refractivity contribution in [3.8, 4) is 6.07 Å². The van der Waals surface area contributed by atoms with Gasteiger partial charge in [-0.1, -0.05) is 29.8 Å². The normalized spacial score (nSPS) is 11.9. The van der Waals surface area contributed by atoms with Crippen molar-refractivity contribution in [1.29, 1.82) is 5.26 Å². The molecule has 0 aliphatic rings. The Kier molecular flexibility index (Phi) is 6.04. The number of carbonyl (C=O) groups is 1. The first-order chi connectivity index (χ1) is 14.3. The molecular formula is C22H20N4O3S. The summed E-state index contributed by atoms with van der Waals surface area (Å²) in [5, 5.41) is 11.9. The lowest BCUT2D eigenvalue weighted by Gasteiger charge is -2.17. The van der Waals surface area contributed by atoms with Crippen LogP contribution in [0.25, 0.3) is 0 Å². The minimum absolute atomic E-state index is 0.171.